The summed E-state index contributed by atoms with van der Waals surface area (Å²) >= 11 is 1.45. The van der Waals surface area contributed by atoms with Gasteiger partial charge < -0.3 is 5.32 Å². The number of likely N-dealkylation sites (N-methyl/N-ethyl adjacent to an activating group) is 1. The molecule has 0 aromatic heterocycles. The van der Waals surface area contributed by atoms with Crippen molar-refractivity contribution in [3.8, 4) is 0 Å². The van der Waals surface area contributed by atoms with Gasteiger partial charge in [-0.25, -0.2) is 0 Å². The molecule has 1 aliphatic carbocycles. The summed E-state index contributed by atoms with van der Waals surface area (Å²) in [6.07, 6.45) is 4.65. The Bertz CT molecular complexity index is 521. The molecule has 1 aromatic rings. The summed E-state index contributed by atoms with van der Waals surface area (Å²) in [4.78, 5) is 13.6. The van der Waals surface area contributed by atoms with Crippen LogP contribution in [-0.2, 0) is 0 Å². The summed E-state index contributed by atoms with van der Waals surface area (Å²) in [6, 6.07) is 8.23. The van der Waals surface area contributed by atoms with E-state index < -0.39 is 0 Å². The van der Waals surface area contributed by atoms with E-state index in [0.717, 1.165) is 24.0 Å². The van der Waals surface area contributed by atoms with Crippen LogP contribution in [-0.4, -0.2) is 12.2 Å². The number of fused-ring (bicyclic) bond motifs is 1. The Morgan fingerprint density at radius 3 is 2.83 bits per heavy atom. The number of nitrogens with one attached hydrogen (secondary N) is 1. The number of benzene rings is 1. The summed E-state index contributed by atoms with van der Waals surface area (Å²) in [7, 11) is 1.99. The first-order chi connectivity index (χ1) is 8.81. The molecule has 1 atom stereocenters. The van der Waals surface area contributed by atoms with E-state index in [9.17, 15) is 4.79 Å². The highest BCUT2D eigenvalue weighted by Crippen LogP contribution is 2.44. The van der Waals surface area contributed by atoms with Crippen LogP contribution < -0.4 is 5.32 Å². The predicted octanol–water partition coefficient (Wildman–Crippen LogP) is 3.66. The quantitative estimate of drug-likeness (QED) is 0.834. The van der Waals surface area contributed by atoms with Crippen molar-refractivity contribution in [3.05, 3.63) is 45.9 Å². The smallest absolute Gasteiger partial charge is 0.224 e. The average Bonchev–Trinajstić information content (AvgIpc) is 2.53. The van der Waals surface area contributed by atoms with E-state index in [1.165, 1.54) is 35.1 Å². The van der Waals surface area contributed by atoms with Crippen LogP contribution >= 0.6 is 11.8 Å². The second-order valence-electron chi connectivity index (χ2n) is 4.85. The Kier molecular flexibility index (Phi) is 3.27. The average molecular weight is 259 g/mol. The zero-order valence-corrected chi connectivity index (χ0v) is 11.3. The maximum atomic E-state index is 12.3. The molecule has 0 amide bonds. The standard InChI is InChI=1S/C15H17NOS/c1-16-14-10-6-2-3-7-11(10)15(17)18-13-9-5-4-8-12(13)14/h2-3,6-7,14,16H,4-5,8-9H2,1H3. The molecule has 0 bridgehead atoms. The van der Waals surface area contributed by atoms with Crippen molar-refractivity contribution in [2.24, 2.45) is 0 Å². The maximum Gasteiger partial charge on any atom is 0.224 e. The van der Waals surface area contributed by atoms with Gasteiger partial charge in [-0.1, -0.05) is 36.0 Å². The minimum Gasteiger partial charge on any atom is -0.310 e. The van der Waals surface area contributed by atoms with Gasteiger partial charge in [0.05, 0.1) is 6.04 Å². The molecule has 1 unspecified atom stereocenters. The van der Waals surface area contributed by atoms with Gasteiger partial charge in [0.1, 0.15) is 0 Å². The summed E-state index contributed by atoms with van der Waals surface area (Å²) in [5.74, 6) is 0. The fourth-order valence-corrected chi connectivity index (χ4v) is 4.06. The fourth-order valence-electron chi connectivity index (χ4n) is 2.94. The lowest BCUT2D eigenvalue weighted by Crippen LogP contribution is -2.21. The number of carbonyl (C=O) groups is 1. The van der Waals surface area contributed by atoms with Gasteiger partial charge in [-0.2, -0.15) is 0 Å². The SMILES string of the molecule is CNC1C2=C(CCCC2)SC(=O)c2ccccc21. The molecule has 0 fully saturated rings. The largest absolute Gasteiger partial charge is 0.310 e. The Balaban J connectivity index is 2.15. The Hall–Kier alpha value is -1.06. The van der Waals surface area contributed by atoms with Gasteiger partial charge in [-0.15, -0.1) is 0 Å². The second-order valence-corrected chi connectivity index (χ2v) is 5.92. The first-order valence-electron chi connectivity index (χ1n) is 6.51. The van der Waals surface area contributed by atoms with E-state index in [4.69, 9.17) is 0 Å². The molecule has 1 heterocycles. The summed E-state index contributed by atoms with van der Waals surface area (Å²) in [6.45, 7) is 0. The molecule has 0 saturated heterocycles. The highest BCUT2D eigenvalue weighted by atomic mass is 32.2. The van der Waals surface area contributed by atoms with Crippen molar-refractivity contribution in [2.45, 2.75) is 31.7 Å². The zero-order chi connectivity index (χ0) is 12.5. The Labute approximate surface area is 112 Å². The molecule has 1 N–H and O–H groups in total. The number of rotatable bonds is 1. The molecule has 0 saturated carbocycles. The molecule has 1 aromatic carbocycles. The van der Waals surface area contributed by atoms with E-state index in [1.807, 2.05) is 25.2 Å². The lowest BCUT2D eigenvalue weighted by atomic mass is 9.88. The summed E-state index contributed by atoms with van der Waals surface area (Å²) < 4.78 is 0. The Morgan fingerprint density at radius 2 is 2.00 bits per heavy atom. The minimum absolute atomic E-state index is 0.206. The van der Waals surface area contributed by atoms with Crippen LogP contribution in [0.3, 0.4) is 0 Å². The second kappa shape index (κ2) is 4.90. The van der Waals surface area contributed by atoms with Crippen LogP contribution in [0.25, 0.3) is 0 Å². The van der Waals surface area contributed by atoms with Gasteiger partial charge in [0.15, 0.2) is 0 Å². The third-order valence-electron chi connectivity index (χ3n) is 3.80. The lowest BCUT2D eigenvalue weighted by molar-refractivity contribution is 0.108. The van der Waals surface area contributed by atoms with Crippen molar-refractivity contribution in [2.75, 3.05) is 7.05 Å². The van der Waals surface area contributed by atoms with Crippen molar-refractivity contribution < 1.29 is 4.79 Å². The van der Waals surface area contributed by atoms with Crippen LogP contribution in [0.1, 0.15) is 47.6 Å². The van der Waals surface area contributed by atoms with E-state index >= 15 is 0 Å². The molecule has 0 radical (unpaired) electrons. The van der Waals surface area contributed by atoms with Crippen LogP contribution in [0, 0.1) is 0 Å². The normalized spacial score (nSPS) is 23.4. The molecule has 1 aliphatic heterocycles. The van der Waals surface area contributed by atoms with E-state index in [2.05, 4.69) is 11.4 Å². The van der Waals surface area contributed by atoms with Gasteiger partial charge in [-0.05, 0) is 48.8 Å². The number of hydrogen-bond donors (Lipinski definition) is 1. The molecule has 94 valence electrons. The van der Waals surface area contributed by atoms with Crippen LogP contribution in [0.15, 0.2) is 34.7 Å². The molecule has 3 rings (SSSR count). The van der Waals surface area contributed by atoms with Gasteiger partial charge in [-0.3, -0.25) is 4.79 Å². The zero-order valence-electron chi connectivity index (χ0n) is 10.5. The van der Waals surface area contributed by atoms with Crippen LogP contribution in [0.2, 0.25) is 0 Å². The molecule has 2 aliphatic rings. The van der Waals surface area contributed by atoms with Gasteiger partial charge in [0.25, 0.3) is 0 Å². The highest BCUT2D eigenvalue weighted by Gasteiger charge is 2.30. The topological polar surface area (TPSA) is 29.1 Å². The maximum absolute atomic E-state index is 12.3. The van der Waals surface area contributed by atoms with Crippen molar-refractivity contribution >= 4 is 16.9 Å². The van der Waals surface area contributed by atoms with Gasteiger partial charge in [0.2, 0.25) is 5.12 Å². The fraction of sp³-hybridized carbons (Fsp3) is 0.400. The molecule has 0 spiro atoms. The molecule has 3 heteroatoms. The van der Waals surface area contributed by atoms with E-state index in [1.54, 1.807) is 0 Å². The van der Waals surface area contributed by atoms with Crippen LogP contribution in [0.5, 0.6) is 0 Å². The number of thioether (sulfide) groups is 1. The summed E-state index contributed by atoms with van der Waals surface area (Å²) in [5, 5.41) is 3.60. The lowest BCUT2D eigenvalue weighted by Gasteiger charge is -2.25. The number of allylic oxidation sites excluding steroid dienone is 1. The first-order valence-corrected chi connectivity index (χ1v) is 7.33. The van der Waals surface area contributed by atoms with E-state index in [-0.39, 0.29) is 11.2 Å². The first kappa shape index (κ1) is 12.0. The third kappa shape index (κ3) is 1.91. The molecular weight excluding hydrogens is 242 g/mol. The third-order valence-corrected chi connectivity index (χ3v) is 4.92. The number of carbonyl (C=O) groups excluding carboxylic acids is 1. The molecular formula is C15H17NOS. The van der Waals surface area contributed by atoms with Crippen LogP contribution in [0.4, 0.5) is 0 Å². The monoisotopic (exact) mass is 259 g/mol. The van der Waals surface area contributed by atoms with Crippen molar-refractivity contribution in [1.82, 2.24) is 5.32 Å². The van der Waals surface area contributed by atoms with Gasteiger partial charge in [0, 0.05) is 5.56 Å². The number of hydrogen-bond acceptors (Lipinski definition) is 3. The van der Waals surface area contributed by atoms with Crippen molar-refractivity contribution in [1.29, 1.82) is 0 Å². The predicted molar refractivity (Wildman–Crippen MR) is 75.7 cm³/mol. The highest BCUT2D eigenvalue weighted by molar-refractivity contribution is 8.17. The molecule has 18 heavy (non-hydrogen) atoms. The van der Waals surface area contributed by atoms with E-state index in [0.29, 0.717) is 0 Å². The van der Waals surface area contributed by atoms with Crippen molar-refractivity contribution in [3.63, 3.8) is 0 Å². The van der Waals surface area contributed by atoms with Gasteiger partial charge >= 0.3 is 0 Å². The summed E-state index contributed by atoms with van der Waals surface area (Å²) in [5.41, 5.74) is 3.45. The minimum atomic E-state index is 0.206. The Morgan fingerprint density at radius 1 is 1.22 bits per heavy atom. The molecule has 2 nitrogen and oxygen atoms in total.